The molecule has 2 atom stereocenters. The highest BCUT2D eigenvalue weighted by Crippen LogP contribution is 2.31. The lowest BCUT2D eigenvalue weighted by Gasteiger charge is -2.36. The van der Waals surface area contributed by atoms with Gasteiger partial charge < -0.3 is 25.2 Å². The fourth-order valence-corrected chi connectivity index (χ4v) is 4.04. The average Bonchev–Trinajstić information content (AvgIpc) is 3.19. The second-order valence-corrected chi connectivity index (χ2v) is 8.06. The van der Waals surface area contributed by atoms with Gasteiger partial charge in [-0.2, -0.15) is 8.78 Å². The highest BCUT2D eigenvalue weighted by Gasteiger charge is 2.26. The van der Waals surface area contributed by atoms with Crippen molar-refractivity contribution in [2.45, 2.75) is 32.0 Å². The van der Waals surface area contributed by atoms with Crippen LogP contribution in [0, 0.1) is 0 Å². The smallest absolute Gasteiger partial charge is 0.387 e. The molecule has 0 aromatic heterocycles. The quantitative estimate of drug-likeness (QED) is 0.308. The van der Waals surface area contributed by atoms with Crippen LogP contribution in [-0.2, 0) is 0 Å². The van der Waals surface area contributed by atoms with Crippen LogP contribution in [0.15, 0.2) is 29.3 Å². The molecule has 0 bridgehead atoms. The largest absolute Gasteiger partial charge is 0.433 e. The van der Waals surface area contributed by atoms with Gasteiger partial charge in [0.25, 0.3) is 0 Å². The lowest BCUT2D eigenvalue weighted by atomic mass is 10.2. The highest BCUT2D eigenvalue weighted by atomic mass is 127. The van der Waals surface area contributed by atoms with Gasteiger partial charge in [-0.25, -0.2) is 0 Å². The third kappa shape index (κ3) is 7.60. The minimum absolute atomic E-state index is 0. The van der Waals surface area contributed by atoms with Crippen molar-refractivity contribution < 1.29 is 13.5 Å². The summed E-state index contributed by atoms with van der Waals surface area (Å²) in [5, 5.41) is 6.91. The van der Waals surface area contributed by atoms with Crippen LogP contribution in [0.4, 0.5) is 14.5 Å². The predicted octanol–water partition coefficient (Wildman–Crippen LogP) is 2.29. The molecule has 0 amide bonds. The Morgan fingerprint density at radius 1 is 1.19 bits per heavy atom. The molecule has 2 heterocycles. The first-order valence-electron chi connectivity index (χ1n) is 10.6. The fourth-order valence-electron chi connectivity index (χ4n) is 4.04. The normalized spacial score (nSPS) is 21.7. The number of alkyl halides is 2. The number of anilines is 1. The molecule has 2 unspecified atom stereocenters. The second kappa shape index (κ2) is 12.6. The van der Waals surface area contributed by atoms with Crippen molar-refractivity contribution in [1.82, 2.24) is 20.4 Å². The Hall–Kier alpha value is -1.40. The summed E-state index contributed by atoms with van der Waals surface area (Å²) in [5.74, 6) is 0.997. The summed E-state index contributed by atoms with van der Waals surface area (Å²) in [7, 11) is 3.93. The van der Waals surface area contributed by atoms with E-state index in [1.54, 1.807) is 19.2 Å². The fraction of sp³-hybridized carbons (Fsp3) is 0.667. The number of halogens is 3. The Morgan fingerprint density at radius 2 is 1.90 bits per heavy atom. The zero-order chi connectivity index (χ0) is 21.5. The highest BCUT2D eigenvalue weighted by molar-refractivity contribution is 14.0. The maximum atomic E-state index is 12.7. The van der Waals surface area contributed by atoms with E-state index in [4.69, 9.17) is 0 Å². The summed E-state index contributed by atoms with van der Waals surface area (Å²) in [6.07, 6.45) is 0.901. The molecule has 2 aliphatic rings. The summed E-state index contributed by atoms with van der Waals surface area (Å²) in [5.41, 5.74) is 0.703. The molecule has 2 N–H and O–H groups in total. The van der Waals surface area contributed by atoms with Crippen molar-refractivity contribution in [1.29, 1.82) is 0 Å². The van der Waals surface area contributed by atoms with Crippen LogP contribution in [-0.4, -0.2) is 94.4 Å². The van der Waals surface area contributed by atoms with E-state index in [-0.39, 0.29) is 35.8 Å². The summed E-state index contributed by atoms with van der Waals surface area (Å²) >= 11 is 0. The number of nitrogens with one attached hydrogen (secondary N) is 2. The zero-order valence-electron chi connectivity index (χ0n) is 18.6. The molecule has 0 radical (unpaired) electrons. The average molecular weight is 552 g/mol. The van der Waals surface area contributed by atoms with Gasteiger partial charge in [0.1, 0.15) is 5.75 Å². The summed E-state index contributed by atoms with van der Waals surface area (Å²) in [4.78, 5) is 11.3. The SMILES string of the molecule is CN=C(NCC(C)N1CCN(C)CC1)NC1CCN(c2ccccc2OC(F)F)C1.I. The monoisotopic (exact) mass is 552 g/mol. The van der Waals surface area contributed by atoms with E-state index in [2.05, 4.69) is 49.0 Å². The Labute approximate surface area is 201 Å². The Bertz CT molecular complexity index is 702. The number of benzene rings is 1. The van der Waals surface area contributed by atoms with Crippen LogP contribution < -0.4 is 20.3 Å². The first kappa shape index (κ1) is 25.9. The number of rotatable bonds is 7. The number of para-hydroxylation sites is 2. The zero-order valence-corrected chi connectivity index (χ0v) is 20.9. The third-order valence-corrected chi connectivity index (χ3v) is 5.90. The van der Waals surface area contributed by atoms with Gasteiger partial charge in [-0.3, -0.25) is 9.89 Å². The first-order valence-corrected chi connectivity index (χ1v) is 10.6. The van der Waals surface area contributed by atoms with Crippen LogP contribution in [0.1, 0.15) is 13.3 Å². The van der Waals surface area contributed by atoms with Gasteiger partial charge >= 0.3 is 6.61 Å². The van der Waals surface area contributed by atoms with E-state index in [1.807, 2.05) is 12.1 Å². The topological polar surface area (TPSA) is 55.4 Å². The van der Waals surface area contributed by atoms with E-state index < -0.39 is 6.61 Å². The molecular formula is C21H35F2IN6O. The van der Waals surface area contributed by atoms with Crippen molar-refractivity contribution >= 4 is 35.6 Å². The molecule has 0 aliphatic carbocycles. The second-order valence-electron chi connectivity index (χ2n) is 8.06. The van der Waals surface area contributed by atoms with Gasteiger partial charge in [0, 0.05) is 64.9 Å². The van der Waals surface area contributed by atoms with Gasteiger partial charge in [0.15, 0.2) is 5.96 Å². The first-order chi connectivity index (χ1) is 14.5. The lowest BCUT2D eigenvalue weighted by Crippen LogP contribution is -2.53. The molecule has 2 saturated heterocycles. The van der Waals surface area contributed by atoms with Crippen LogP contribution in [0.3, 0.4) is 0 Å². The molecule has 1 aromatic rings. The molecular weight excluding hydrogens is 517 g/mol. The number of guanidine groups is 1. The summed E-state index contributed by atoms with van der Waals surface area (Å²) < 4.78 is 30.1. The van der Waals surface area contributed by atoms with Crippen LogP contribution in [0.25, 0.3) is 0 Å². The van der Waals surface area contributed by atoms with Gasteiger partial charge in [0.2, 0.25) is 0 Å². The molecule has 1 aromatic carbocycles. The maximum Gasteiger partial charge on any atom is 0.387 e. The lowest BCUT2D eigenvalue weighted by molar-refractivity contribution is -0.0495. The van der Waals surface area contributed by atoms with Gasteiger partial charge in [0.05, 0.1) is 5.69 Å². The molecule has 31 heavy (non-hydrogen) atoms. The molecule has 0 saturated carbocycles. The van der Waals surface area contributed by atoms with Gasteiger partial charge in [-0.1, -0.05) is 12.1 Å². The Balaban J connectivity index is 0.00000341. The van der Waals surface area contributed by atoms with E-state index >= 15 is 0 Å². The van der Waals surface area contributed by atoms with Gasteiger partial charge in [-0.05, 0) is 32.5 Å². The van der Waals surface area contributed by atoms with E-state index in [9.17, 15) is 8.78 Å². The molecule has 2 fully saturated rings. The molecule has 7 nitrogen and oxygen atoms in total. The molecule has 2 aliphatic heterocycles. The van der Waals surface area contributed by atoms with Crippen LogP contribution in [0.5, 0.6) is 5.75 Å². The number of hydrogen-bond donors (Lipinski definition) is 2. The van der Waals surface area contributed by atoms with Crippen molar-refractivity contribution in [3.05, 3.63) is 24.3 Å². The van der Waals surface area contributed by atoms with Gasteiger partial charge in [-0.15, -0.1) is 24.0 Å². The van der Waals surface area contributed by atoms with Crippen molar-refractivity contribution in [3.8, 4) is 5.75 Å². The Kier molecular flexibility index (Phi) is 10.5. The standard InChI is InChI=1S/C21H34F2N6O.HI/c1-16(28-12-10-27(3)11-13-28)14-25-21(24-2)26-17-8-9-29(15-17)18-6-4-5-7-19(18)30-20(22)23;/h4-7,16-17,20H,8-15H2,1-3H3,(H2,24,25,26);1H. The summed E-state index contributed by atoms with van der Waals surface area (Å²) in [6.45, 7) is 6.10. The van der Waals surface area contributed by atoms with E-state index in [1.165, 1.54) is 0 Å². The molecule has 176 valence electrons. The number of piperazine rings is 1. The van der Waals surface area contributed by atoms with Crippen molar-refractivity contribution in [2.24, 2.45) is 4.99 Å². The Morgan fingerprint density at radius 3 is 2.58 bits per heavy atom. The minimum Gasteiger partial charge on any atom is -0.433 e. The minimum atomic E-state index is -2.83. The molecule has 0 spiro atoms. The predicted molar refractivity (Wildman–Crippen MR) is 132 cm³/mol. The molecule has 10 heteroatoms. The number of likely N-dealkylation sites (N-methyl/N-ethyl adjacent to an activating group) is 1. The van der Waals surface area contributed by atoms with Crippen molar-refractivity contribution in [2.75, 3.05) is 64.8 Å². The number of aliphatic imine (C=N–C) groups is 1. The number of hydrogen-bond acceptors (Lipinski definition) is 5. The van der Waals surface area contributed by atoms with E-state index in [0.29, 0.717) is 18.3 Å². The van der Waals surface area contributed by atoms with Crippen molar-refractivity contribution in [3.63, 3.8) is 0 Å². The van der Waals surface area contributed by atoms with Crippen LogP contribution >= 0.6 is 24.0 Å². The molecule has 3 rings (SSSR count). The van der Waals surface area contributed by atoms with Crippen LogP contribution in [0.2, 0.25) is 0 Å². The summed E-state index contributed by atoms with van der Waals surface area (Å²) in [6, 6.07) is 7.58. The van der Waals surface area contributed by atoms with E-state index in [0.717, 1.165) is 51.6 Å². The third-order valence-electron chi connectivity index (χ3n) is 5.90. The maximum absolute atomic E-state index is 12.7. The number of nitrogens with zero attached hydrogens (tertiary/aromatic N) is 4. The number of ether oxygens (including phenoxy) is 1.